The van der Waals surface area contributed by atoms with Gasteiger partial charge in [0.05, 0.1) is 5.02 Å². The van der Waals surface area contributed by atoms with Crippen LogP contribution in [-0.4, -0.2) is 11.2 Å². The number of halogens is 2. The molecule has 0 saturated heterocycles. The van der Waals surface area contributed by atoms with Gasteiger partial charge in [0, 0.05) is 11.7 Å². The maximum atomic E-state index is 13.2. The van der Waals surface area contributed by atoms with Gasteiger partial charge in [0.25, 0.3) is 0 Å². The Hall–Kier alpha value is -1.65. The minimum Gasteiger partial charge on any atom is -0.360 e. The zero-order valence-corrected chi connectivity index (χ0v) is 15.6. The Morgan fingerprint density at radius 2 is 1.88 bits per heavy atom. The number of rotatable bonds is 5. The molecule has 0 heterocycles. The molecule has 0 aliphatic rings. The van der Waals surface area contributed by atoms with E-state index in [1.54, 1.807) is 6.07 Å². The molecule has 0 aliphatic heterocycles. The fourth-order valence-corrected chi connectivity index (χ4v) is 3.29. The molecule has 2 N–H and O–H groups in total. The number of benzene rings is 2. The van der Waals surface area contributed by atoms with Crippen LogP contribution in [0.5, 0.6) is 0 Å². The Bertz CT molecular complexity index is 704. The van der Waals surface area contributed by atoms with Crippen LogP contribution < -0.4 is 10.6 Å². The summed E-state index contributed by atoms with van der Waals surface area (Å²) in [6, 6.07) is 15.0. The molecule has 0 radical (unpaired) electrons. The van der Waals surface area contributed by atoms with Gasteiger partial charge >= 0.3 is 0 Å². The van der Waals surface area contributed by atoms with E-state index in [1.165, 1.54) is 17.7 Å². The summed E-state index contributed by atoms with van der Waals surface area (Å²) in [5, 5.41) is 6.87. The van der Waals surface area contributed by atoms with E-state index in [-0.39, 0.29) is 16.5 Å². The van der Waals surface area contributed by atoms with E-state index in [4.69, 9.17) is 23.8 Å². The third-order valence-electron chi connectivity index (χ3n) is 3.93. The van der Waals surface area contributed by atoms with Crippen molar-refractivity contribution in [2.75, 3.05) is 5.32 Å². The highest BCUT2D eigenvalue weighted by Gasteiger charge is 2.23. The first-order valence-corrected chi connectivity index (χ1v) is 8.64. The topological polar surface area (TPSA) is 24.1 Å². The number of hydrogen-bond donors (Lipinski definition) is 2. The molecule has 0 amide bonds. The standard InChI is InChI=1S/C19H22ClFN2S/c1-13(12-19(2,3)14-7-5-4-6-8-14)22-18(24)23-15-9-10-17(21)16(20)11-15/h4-11,13H,12H2,1-3H3,(H2,22,23,24). The van der Waals surface area contributed by atoms with Crippen molar-refractivity contribution >= 4 is 34.6 Å². The molecule has 0 saturated carbocycles. The van der Waals surface area contributed by atoms with Crippen molar-refractivity contribution in [3.8, 4) is 0 Å². The van der Waals surface area contributed by atoms with Crippen molar-refractivity contribution in [2.24, 2.45) is 0 Å². The Balaban J connectivity index is 1.92. The van der Waals surface area contributed by atoms with Crippen LogP contribution in [0.25, 0.3) is 0 Å². The van der Waals surface area contributed by atoms with Crippen LogP contribution in [0, 0.1) is 5.82 Å². The smallest absolute Gasteiger partial charge is 0.170 e. The fraction of sp³-hybridized carbons (Fsp3) is 0.316. The molecule has 2 aromatic rings. The maximum Gasteiger partial charge on any atom is 0.170 e. The SMILES string of the molecule is CC(CC(C)(C)c1ccccc1)NC(=S)Nc1ccc(F)c(Cl)c1. The molecule has 0 aliphatic carbocycles. The molecule has 5 heteroatoms. The molecule has 24 heavy (non-hydrogen) atoms. The van der Waals surface area contributed by atoms with E-state index in [0.29, 0.717) is 10.8 Å². The summed E-state index contributed by atoms with van der Waals surface area (Å²) < 4.78 is 13.2. The number of thiocarbonyl (C=S) groups is 1. The van der Waals surface area contributed by atoms with Gasteiger partial charge in [0.2, 0.25) is 0 Å². The Labute approximate surface area is 153 Å². The van der Waals surface area contributed by atoms with Crippen molar-refractivity contribution < 1.29 is 4.39 Å². The first-order chi connectivity index (χ1) is 11.3. The predicted octanol–water partition coefficient (Wildman–Crippen LogP) is 5.52. The van der Waals surface area contributed by atoms with Crippen LogP contribution in [0.4, 0.5) is 10.1 Å². The maximum absolute atomic E-state index is 13.2. The molecule has 2 rings (SSSR count). The van der Waals surface area contributed by atoms with Gasteiger partial charge in [0.15, 0.2) is 5.11 Å². The summed E-state index contributed by atoms with van der Waals surface area (Å²) in [6.07, 6.45) is 0.920. The highest BCUT2D eigenvalue weighted by atomic mass is 35.5. The highest BCUT2D eigenvalue weighted by Crippen LogP contribution is 2.28. The van der Waals surface area contributed by atoms with E-state index >= 15 is 0 Å². The molecule has 128 valence electrons. The summed E-state index contributed by atoms with van der Waals surface area (Å²) in [6.45, 7) is 6.53. The van der Waals surface area contributed by atoms with Crippen LogP contribution >= 0.6 is 23.8 Å². The summed E-state index contributed by atoms with van der Waals surface area (Å²) in [5.41, 5.74) is 1.99. The van der Waals surface area contributed by atoms with Crippen molar-refractivity contribution in [1.29, 1.82) is 0 Å². The van der Waals surface area contributed by atoms with Crippen LogP contribution in [0.15, 0.2) is 48.5 Å². The van der Waals surface area contributed by atoms with Crippen molar-refractivity contribution in [3.63, 3.8) is 0 Å². The van der Waals surface area contributed by atoms with Gasteiger partial charge in [-0.15, -0.1) is 0 Å². The Morgan fingerprint density at radius 3 is 2.50 bits per heavy atom. The van der Waals surface area contributed by atoms with E-state index in [2.05, 4.69) is 55.7 Å². The van der Waals surface area contributed by atoms with Crippen molar-refractivity contribution in [1.82, 2.24) is 5.32 Å². The molecule has 2 nitrogen and oxygen atoms in total. The average molecular weight is 365 g/mol. The monoisotopic (exact) mass is 364 g/mol. The van der Waals surface area contributed by atoms with E-state index < -0.39 is 5.82 Å². The van der Waals surface area contributed by atoms with Gasteiger partial charge in [-0.2, -0.15) is 0 Å². The lowest BCUT2D eigenvalue weighted by atomic mass is 9.79. The van der Waals surface area contributed by atoms with Crippen molar-refractivity contribution in [3.05, 3.63) is 64.9 Å². The van der Waals surface area contributed by atoms with Gasteiger partial charge in [-0.05, 0) is 54.7 Å². The molecule has 1 atom stereocenters. The fourth-order valence-electron chi connectivity index (χ4n) is 2.79. The quantitative estimate of drug-likeness (QED) is 0.683. The number of nitrogens with one attached hydrogen (secondary N) is 2. The van der Waals surface area contributed by atoms with Crippen LogP contribution in [0.3, 0.4) is 0 Å². The Morgan fingerprint density at radius 1 is 1.21 bits per heavy atom. The zero-order valence-electron chi connectivity index (χ0n) is 14.1. The lowest BCUT2D eigenvalue weighted by Crippen LogP contribution is -2.39. The first-order valence-electron chi connectivity index (χ1n) is 7.86. The lowest BCUT2D eigenvalue weighted by Gasteiger charge is -2.29. The molecule has 0 fully saturated rings. The lowest BCUT2D eigenvalue weighted by molar-refractivity contribution is 0.420. The summed E-state index contributed by atoms with van der Waals surface area (Å²) in [4.78, 5) is 0. The van der Waals surface area contributed by atoms with Crippen molar-refractivity contribution in [2.45, 2.75) is 38.6 Å². The highest BCUT2D eigenvalue weighted by molar-refractivity contribution is 7.80. The average Bonchev–Trinajstić information content (AvgIpc) is 2.51. The van der Waals surface area contributed by atoms with E-state index in [0.717, 1.165) is 6.42 Å². The van der Waals surface area contributed by atoms with Crippen LogP contribution in [0.2, 0.25) is 5.02 Å². The summed E-state index contributed by atoms with van der Waals surface area (Å²) in [5.74, 6) is -0.445. The van der Waals surface area contributed by atoms with Crippen LogP contribution in [-0.2, 0) is 5.41 Å². The van der Waals surface area contributed by atoms with Gasteiger partial charge < -0.3 is 10.6 Å². The third-order valence-corrected chi connectivity index (χ3v) is 4.44. The minimum atomic E-state index is -0.445. The Kier molecular flexibility index (Phi) is 6.19. The van der Waals surface area contributed by atoms with Gasteiger partial charge in [-0.1, -0.05) is 55.8 Å². The summed E-state index contributed by atoms with van der Waals surface area (Å²) >= 11 is 11.1. The summed E-state index contributed by atoms with van der Waals surface area (Å²) in [7, 11) is 0. The molecule has 1 unspecified atom stereocenters. The van der Waals surface area contributed by atoms with Gasteiger partial charge in [-0.25, -0.2) is 4.39 Å². The van der Waals surface area contributed by atoms with Gasteiger partial charge in [-0.3, -0.25) is 0 Å². The van der Waals surface area contributed by atoms with Crippen LogP contribution in [0.1, 0.15) is 32.8 Å². The molecule has 0 aromatic heterocycles. The second-order valence-electron chi connectivity index (χ2n) is 6.58. The third kappa shape index (κ3) is 5.18. The number of hydrogen-bond acceptors (Lipinski definition) is 1. The minimum absolute atomic E-state index is 0.0302. The van der Waals surface area contributed by atoms with E-state index in [1.807, 2.05) is 6.07 Å². The molecule has 0 bridgehead atoms. The molecular weight excluding hydrogens is 343 g/mol. The number of anilines is 1. The molecule has 2 aromatic carbocycles. The van der Waals surface area contributed by atoms with E-state index in [9.17, 15) is 4.39 Å². The first kappa shape index (κ1) is 18.7. The van der Waals surface area contributed by atoms with Gasteiger partial charge in [0.1, 0.15) is 5.82 Å². The predicted molar refractivity (Wildman–Crippen MR) is 104 cm³/mol. The molecule has 0 spiro atoms. The normalized spacial score (nSPS) is 12.5. The zero-order chi connectivity index (χ0) is 17.7. The molecular formula is C19H22ClFN2S. The second kappa shape index (κ2) is 7.95. The second-order valence-corrected chi connectivity index (χ2v) is 7.40. The largest absolute Gasteiger partial charge is 0.360 e.